The van der Waals surface area contributed by atoms with E-state index in [1.807, 2.05) is 13.0 Å². The monoisotopic (exact) mass is 291 g/mol. The minimum Gasteiger partial charge on any atom is -0.494 e. The zero-order valence-electron chi connectivity index (χ0n) is 11.9. The van der Waals surface area contributed by atoms with Crippen LogP contribution in [0.4, 0.5) is 10.2 Å². The van der Waals surface area contributed by atoms with E-state index < -0.39 is 0 Å². The number of rotatable bonds is 7. The summed E-state index contributed by atoms with van der Waals surface area (Å²) in [6, 6.07) is 7.61. The molecule has 2 rings (SSSR count). The Labute approximate surface area is 122 Å². The Morgan fingerprint density at radius 3 is 2.81 bits per heavy atom. The number of aryl methyl sites for hydroxylation is 1. The van der Waals surface area contributed by atoms with E-state index >= 15 is 0 Å². The first kappa shape index (κ1) is 15.0. The Morgan fingerprint density at radius 1 is 1.38 bits per heavy atom. The van der Waals surface area contributed by atoms with Crippen LogP contribution >= 0.6 is 0 Å². The third kappa shape index (κ3) is 4.91. The summed E-state index contributed by atoms with van der Waals surface area (Å²) in [5.74, 6) is 0.729. The lowest BCUT2D eigenvalue weighted by Gasteiger charge is -2.05. The molecule has 2 N–H and O–H groups in total. The van der Waals surface area contributed by atoms with Crippen molar-refractivity contribution in [3.63, 3.8) is 0 Å². The second-order valence-electron chi connectivity index (χ2n) is 4.59. The molecule has 0 atom stereocenters. The molecule has 0 aliphatic rings. The molecule has 0 spiro atoms. The molecule has 112 valence electrons. The maximum Gasteiger partial charge on any atom is 0.225 e. The van der Waals surface area contributed by atoms with Crippen LogP contribution in [0.25, 0.3) is 0 Å². The van der Waals surface area contributed by atoms with Gasteiger partial charge in [-0.3, -0.25) is 9.89 Å². The highest BCUT2D eigenvalue weighted by Crippen LogP contribution is 2.12. The number of H-pyrrole nitrogens is 1. The van der Waals surface area contributed by atoms with Crippen LogP contribution in [0.1, 0.15) is 25.5 Å². The van der Waals surface area contributed by atoms with Gasteiger partial charge in [0, 0.05) is 18.2 Å². The van der Waals surface area contributed by atoms with Crippen molar-refractivity contribution in [2.24, 2.45) is 0 Å². The van der Waals surface area contributed by atoms with Gasteiger partial charge in [0.2, 0.25) is 5.91 Å². The molecule has 0 aliphatic carbocycles. The average molecular weight is 291 g/mol. The summed E-state index contributed by atoms with van der Waals surface area (Å²) in [5, 5.41) is 9.54. The number of carbonyl (C=O) groups is 1. The van der Waals surface area contributed by atoms with Gasteiger partial charge in [0.05, 0.1) is 6.61 Å². The number of carbonyl (C=O) groups excluding carboxylic acids is 1. The molecular weight excluding hydrogens is 273 g/mol. The largest absolute Gasteiger partial charge is 0.494 e. The molecule has 1 heterocycles. The third-order valence-corrected chi connectivity index (χ3v) is 2.91. The molecule has 0 saturated carbocycles. The number of aromatic nitrogens is 2. The van der Waals surface area contributed by atoms with Crippen LogP contribution in [0, 0.1) is 5.82 Å². The van der Waals surface area contributed by atoms with Gasteiger partial charge in [-0.05, 0) is 37.1 Å². The second-order valence-corrected chi connectivity index (χ2v) is 4.59. The minimum atomic E-state index is -0.299. The van der Waals surface area contributed by atoms with Gasteiger partial charge in [0.25, 0.3) is 0 Å². The number of nitrogens with one attached hydrogen (secondary N) is 2. The Bertz CT molecular complexity index is 581. The molecule has 1 aromatic carbocycles. The number of amides is 1. The zero-order valence-corrected chi connectivity index (χ0v) is 11.9. The van der Waals surface area contributed by atoms with Crippen molar-refractivity contribution in [1.29, 1.82) is 0 Å². The molecular formula is C15H18FN3O2. The van der Waals surface area contributed by atoms with Gasteiger partial charge in [-0.2, -0.15) is 5.10 Å². The van der Waals surface area contributed by atoms with Crippen molar-refractivity contribution in [3.8, 4) is 5.75 Å². The van der Waals surface area contributed by atoms with E-state index in [0.717, 1.165) is 12.1 Å². The molecule has 0 radical (unpaired) electrons. The first-order valence-corrected chi connectivity index (χ1v) is 6.90. The molecule has 0 aliphatic heterocycles. The summed E-state index contributed by atoms with van der Waals surface area (Å²) in [7, 11) is 0. The van der Waals surface area contributed by atoms with Crippen LogP contribution in [0.5, 0.6) is 5.75 Å². The van der Waals surface area contributed by atoms with Gasteiger partial charge in [-0.1, -0.05) is 6.92 Å². The number of ether oxygens (including phenoxy) is 1. The van der Waals surface area contributed by atoms with Crippen molar-refractivity contribution in [2.75, 3.05) is 11.9 Å². The molecule has 1 amide bonds. The molecule has 0 unspecified atom stereocenters. The SMILES string of the molecule is CCc1cc(NC(=O)CCCOc2ccc(F)cc2)n[nH]1. The number of benzene rings is 1. The summed E-state index contributed by atoms with van der Waals surface area (Å²) < 4.78 is 18.1. The van der Waals surface area contributed by atoms with E-state index in [-0.39, 0.29) is 11.7 Å². The molecule has 6 heteroatoms. The molecule has 0 saturated heterocycles. The van der Waals surface area contributed by atoms with Crippen LogP contribution < -0.4 is 10.1 Å². The average Bonchev–Trinajstić information content (AvgIpc) is 2.93. The normalized spacial score (nSPS) is 10.4. The lowest BCUT2D eigenvalue weighted by Crippen LogP contribution is -2.13. The number of nitrogens with zero attached hydrogens (tertiary/aromatic N) is 1. The molecule has 0 fully saturated rings. The van der Waals surface area contributed by atoms with Gasteiger partial charge < -0.3 is 10.1 Å². The summed E-state index contributed by atoms with van der Waals surface area (Å²) in [6.45, 7) is 2.41. The highest BCUT2D eigenvalue weighted by atomic mass is 19.1. The van der Waals surface area contributed by atoms with Gasteiger partial charge in [0.1, 0.15) is 11.6 Å². The highest BCUT2D eigenvalue weighted by Gasteiger charge is 2.05. The van der Waals surface area contributed by atoms with Gasteiger partial charge >= 0.3 is 0 Å². The fourth-order valence-electron chi connectivity index (χ4n) is 1.77. The van der Waals surface area contributed by atoms with Gasteiger partial charge in [0.15, 0.2) is 5.82 Å². The molecule has 0 bridgehead atoms. The predicted molar refractivity (Wildman–Crippen MR) is 77.7 cm³/mol. The van der Waals surface area contributed by atoms with E-state index in [4.69, 9.17) is 4.74 Å². The maximum atomic E-state index is 12.7. The van der Waals surface area contributed by atoms with Crippen molar-refractivity contribution in [2.45, 2.75) is 26.2 Å². The van der Waals surface area contributed by atoms with Crippen LogP contribution in [0.3, 0.4) is 0 Å². The quantitative estimate of drug-likeness (QED) is 0.771. The Hall–Kier alpha value is -2.37. The van der Waals surface area contributed by atoms with E-state index in [9.17, 15) is 9.18 Å². The zero-order chi connectivity index (χ0) is 15.1. The summed E-state index contributed by atoms with van der Waals surface area (Å²) >= 11 is 0. The molecule has 21 heavy (non-hydrogen) atoms. The number of halogens is 1. The topological polar surface area (TPSA) is 67.0 Å². The van der Waals surface area contributed by atoms with Crippen LogP contribution in [-0.4, -0.2) is 22.7 Å². The summed E-state index contributed by atoms with van der Waals surface area (Å²) in [5.41, 5.74) is 0.977. The van der Waals surface area contributed by atoms with Crippen molar-refractivity contribution >= 4 is 11.7 Å². The van der Waals surface area contributed by atoms with Crippen LogP contribution in [-0.2, 0) is 11.2 Å². The fourth-order valence-corrected chi connectivity index (χ4v) is 1.77. The van der Waals surface area contributed by atoms with E-state index in [1.54, 1.807) is 12.1 Å². The Morgan fingerprint density at radius 2 is 2.14 bits per heavy atom. The smallest absolute Gasteiger partial charge is 0.225 e. The number of anilines is 1. The number of hydrogen-bond donors (Lipinski definition) is 2. The van der Waals surface area contributed by atoms with Crippen LogP contribution in [0.15, 0.2) is 30.3 Å². The van der Waals surface area contributed by atoms with E-state index in [2.05, 4.69) is 15.5 Å². The molecule has 1 aromatic heterocycles. The first-order chi connectivity index (χ1) is 10.2. The predicted octanol–water partition coefficient (Wildman–Crippen LogP) is 2.91. The third-order valence-electron chi connectivity index (χ3n) is 2.91. The lowest BCUT2D eigenvalue weighted by atomic mass is 10.3. The highest BCUT2D eigenvalue weighted by molar-refractivity contribution is 5.89. The number of aromatic amines is 1. The molecule has 5 nitrogen and oxygen atoms in total. The standard InChI is InChI=1S/C15H18FN3O2/c1-2-12-10-14(19-18-12)17-15(20)4-3-9-21-13-7-5-11(16)6-8-13/h5-8,10H,2-4,9H2,1H3,(H2,17,18,19,20). The van der Waals surface area contributed by atoms with Gasteiger partial charge in [-0.15, -0.1) is 0 Å². The number of hydrogen-bond acceptors (Lipinski definition) is 3. The summed E-state index contributed by atoms with van der Waals surface area (Å²) in [6.07, 6.45) is 1.76. The van der Waals surface area contributed by atoms with Crippen molar-refractivity contribution in [3.05, 3.63) is 41.8 Å². The lowest BCUT2D eigenvalue weighted by molar-refractivity contribution is -0.116. The second kappa shape index (κ2) is 7.42. The Balaban J connectivity index is 1.66. The minimum absolute atomic E-state index is 0.105. The van der Waals surface area contributed by atoms with Crippen molar-refractivity contribution in [1.82, 2.24) is 10.2 Å². The van der Waals surface area contributed by atoms with Gasteiger partial charge in [-0.25, -0.2) is 4.39 Å². The Kier molecular flexibility index (Phi) is 5.31. The van der Waals surface area contributed by atoms with Crippen molar-refractivity contribution < 1.29 is 13.9 Å². The fraction of sp³-hybridized carbons (Fsp3) is 0.333. The van der Waals surface area contributed by atoms with E-state index in [0.29, 0.717) is 31.0 Å². The molecule has 2 aromatic rings. The first-order valence-electron chi connectivity index (χ1n) is 6.90. The van der Waals surface area contributed by atoms with Crippen LogP contribution in [0.2, 0.25) is 0 Å². The van der Waals surface area contributed by atoms with E-state index in [1.165, 1.54) is 12.1 Å². The maximum absolute atomic E-state index is 12.7. The summed E-state index contributed by atoms with van der Waals surface area (Å²) in [4.78, 5) is 11.7.